The third-order valence-corrected chi connectivity index (χ3v) is 3.53. The summed E-state index contributed by atoms with van der Waals surface area (Å²) in [5, 5.41) is 3.51. The van der Waals surface area contributed by atoms with Crippen LogP contribution in [-0.4, -0.2) is 11.1 Å². The number of aryl methyl sites for hydroxylation is 1. The second-order valence-electron chi connectivity index (χ2n) is 5.61. The lowest BCUT2D eigenvalue weighted by molar-refractivity contribution is 0.545. The molecule has 0 aliphatic carbocycles. The van der Waals surface area contributed by atoms with Gasteiger partial charge in [-0.25, -0.2) is 0 Å². The van der Waals surface area contributed by atoms with Crippen molar-refractivity contribution in [3.63, 3.8) is 0 Å². The summed E-state index contributed by atoms with van der Waals surface area (Å²) in [6.45, 7) is 10.8. The number of rotatable bonds is 5. The van der Waals surface area contributed by atoms with Crippen LogP contribution in [0.1, 0.15) is 30.7 Å². The van der Waals surface area contributed by atoms with E-state index in [0.29, 0.717) is 5.92 Å². The quantitative estimate of drug-likeness (QED) is 0.860. The predicted molar refractivity (Wildman–Crippen MR) is 81.8 cm³/mol. The molecular weight excluding hydrogens is 232 g/mol. The van der Waals surface area contributed by atoms with Crippen molar-refractivity contribution in [1.82, 2.24) is 9.88 Å². The maximum absolute atomic E-state index is 3.51. The van der Waals surface area contributed by atoms with Gasteiger partial charge in [-0.05, 0) is 55.6 Å². The van der Waals surface area contributed by atoms with E-state index in [1.54, 1.807) is 0 Å². The zero-order chi connectivity index (χ0) is 13.8. The van der Waals surface area contributed by atoms with Gasteiger partial charge in [0, 0.05) is 24.1 Å². The predicted octanol–water partition coefficient (Wildman–Crippen LogP) is 3.84. The third-order valence-electron chi connectivity index (χ3n) is 3.53. The lowest BCUT2D eigenvalue weighted by Gasteiger charge is -2.14. The number of nitrogens with zero attached hydrogens (tertiary/aromatic N) is 1. The Hall–Kier alpha value is -1.54. The molecule has 1 heterocycles. The molecule has 0 aliphatic heterocycles. The molecule has 0 amide bonds. The molecular formula is C17H24N2. The van der Waals surface area contributed by atoms with E-state index in [9.17, 15) is 0 Å². The molecule has 19 heavy (non-hydrogen) atoms. The Morgan fingerprint density at radius 1 is 1.11 bits per heavy atom. The fourth-order valence-corrected chi connectivity index (χ4v) is 2.28. The molecule has 0 fully saturated rings. The summed E-state index contributed by atoms with van der Waals surface area (Å²) in [7, 11) is 0. The van der Waals surface area contributed by atoms with Gasteiger partial charge in [-0.2, -0.15) is 0 Å². The standard InChI is InChI=1S/C17H24N2/c1-13(2)11-18-12-16-8-6-10-19(16)17-9-5-7-14(3)15(17)4/h5-10,13,18H,11-12H2,1-4H3. The Bertz CT molecular complexity index is 538. The van der Waals surface area contributed by atoms with Crippen LogP contribution in [0, 0.1) is 19.8 Å². The molecule has 0 aliphatic rings. The van der Waals surface area contributed by atoms with Crippen molar-refractivity contribution in [2.75, 3.05) is 6.54 Å². The van der Waals surface area contributed by atoms with Crippen LogP contribution in [0.4, 0.5) is 0 Å². The molecule has 0 bridgehead atoms. The molecule has 0 atom stereocenters. The van der Waals surface area contributed by atoms with E-state index >= 15 is 0 Å². The minimum atomic E-state index is 0.684. The average molecular weight is 256 g/mol. The van der Waals surface area contributed by atoms with Crippen molar-refractivity contribution < 1.29 is 0 Å². The first kappa shape index (κ1) is 13.9. The molecule has 2 heteroatoms. The van der Waals surface area contributed by atoms with Crippen LogP contribution >= 0.6 is 0 Å². The van der Waals surface area contributed by atoms with Gasteiger partial charge in [0.25, 0.3) is 0 Å². The molecule has 0 saturated heterocycles. The smallest absolute Gasteiger partial charge is 0.0484 e. The van der Waals surface area contributed by atoms with Gasteiger partial charge in [-0.3, -0.25) is 0 Å². The topological polar surface area (TPSA) is 17.0 Å². The highest BCUT2D eigenvalue weighted by molar-refractivity contribution is 5.46. The van der Waals surface area contributed by atoms with Crippen LogP contribution in [0.25, 0.3) is 5.69 Å². The Kier molecular flexibility index (Phi) is 4.43. The Balaban J connectivity index is 2.21. The number of hydrogen-bond acceptors (Lipinski definition) is 1. The third kappa shape index (κ3) is 3.27. The number of hydrogen-bond donors (Lipinski definition) is 1. The highest BCUT2D eigenvalue weighted by atomic mass is 15.0. The molecule has 0 unspecified atom stereocenters. The zero-order valence-electron chi connectivity index (χ0n) is 12.4. The second kappa shape index (κ2) is 6.07. The first-order chi connectivity index (χ1) is 9.09. The normalized spacial score (nSPS) is 11.2. The summed E-state index contributed by atoms with van der Waals surface area (Å²) >= 11 is 0. The van der Waals surface area contributed by atoms with E-state index in [2.05, 4.69) is 74.1 Å². The first-order valence-corrected chi connectivity index (χ1v) is 7.03. The van der Waals surface area contributed by atoms with Crippen LogP contribution in [0.5, 0.6) is 0 Å². The van der Waals surface area contributed by atoms with Crippen LogP contribution in [0.3, 0.4) is 0 Å². The molecule has 0 radical (unpaired) electrons. The van der Waals surface area contributed by atoms with E-state index in [1.165, 1.54) is 22.5 Å². The lowest BCUT2D eigenvalue weighted by Crippen LogP contribution is -2.20. The molecule has 0 saturated carbocycles. The molecule has 2 aromatic rings. The Labute approximate surface area is 116 Å². The summed E-state index contributed by atoms with van der Waals surface area (Å²) in [6.07, 6.45) is 2.15. The molecule has 1 N–H and O–H groups in total. The number of aromatic nitrogens is 1. The maximum Gasteiger partial charge on any atom is 0.0484 e. The fourth-order valence-electron chi connectivity index (χ4n) is 2.28. The fraction of sp³-hybridized carbons (Fsp3) is 0.412. The highest BCUT2D eigenvalue weighted by Crippen LogP contribution is 2.19. The van der Waals surface area contributed by atoms with Crippen molar-refractivity contribution >= 4 is 0 Å². The van der Waals surface area contributed by atoms with Crippen LogP contribution in [0.15, 0.2) is 36.5 Å². The van der Waals surface area contributed by atoms with Crippen molar-refractivity contribution in [2.24, 2.45) is 5.92 Å². The van der Waals surface area contributed by atoms with E-state index < -0.39 is 0 Å². The van der Waals surface area contributed by atoms with Gasteiger partial charge < -0.3 is 9.88 Å². The van der Waals surface area contributed by atoms with Crippen molar-refractivity contribution in [3.05, 3.63) is 53.3 Å². The Morgan fingerprint density at radius 2 is 1.89 bits per heavy atom. The van der Waals surface area contributed by atoms with Gasteiger partial charge in [0.05, 0.1) is 0 Å². The van der Waals surface area contributed by atoms with Gasteiger partial charge in [0.15, 0.2) is 0 Å². The summed E-state index contributed by atoms with van der Waals surface area (Å²) in [6, 6.07) is 10.8. The maximum atomic E-state index is 3.51. The summed E-state index contributed by atoms with van der Waals surface area (Å²) in [5.41, 5.74) is 5.29. The monoisotopic (exact) mass is 256 g/mol. The van der Waals surface area contributed by atoms with Crippen LogP contribution in [-0.2, 0) is 6.54 Å². The average Bonchev–Trinajstić information content (AvgIpc) is 2.80. The summed E-state index contributed by atoms with van der Waals surface area (Å²) in [5.74, 6) is 0.684. The van der Waals surface area contributed by atoms with Crippen LogP contribution in [0.2, 0.25) is 0 Å². The van der Waals surface area contributed by atoms with E-state index in [-0.39, 0.29) is 0 Å². The molecule has 1 aromatic carbocycles. The van der Waals surface area contributed by atoms with E-state index in [0.717, 1.165) is 13.1 Å². The molecule has 2 nitrogen and oxygen atoms in total. The van der Waals surface area contributed by atoms with Gasteiger partial charge in [-0.15, -0.1) is 0 Å². The van der Waals surface area contributed by atoms with Gasteiger partial charge in [-0.1, -0.05) is 26.0 Å². The molecule has 1 aromatic heterocycles. The SMILES string of the molecule is Cc1cccc(-n2cccc2CNCC(C)C)c1C. The second-order valence-corrected chi connectivity index (χ2v) is 5.61. The minimum absolute atomic E-state index is 0.684. The highest BCUT2D eigenvalue weighted by Gasteiger charge is 2.07. The van der Waals surface area contributed by atoms with Crippen molar-refractivity contribution in [1.29, 1.82) is 0 Å². The van der Waals surface area contributed by atoms with Crippen molar-refractivity contribution in [3.8, 4) is 5.69 Å². The number of benzene rings is 1. The number of nitrogens with one attached hydrogen (secondary N) is 1. The largest absolute Gasteiger partial charge is 0.319 e. The molecule has 2 rings (SSSR count). The van der Waals surface area contributed by atoms with Crippen LogP contribution < -0.4 is 5.32 Å². The van der Waals surface area contributed by atoms with E-state index in [4.69, 9.17) is 0 Å². The molecule has 0 spiro atoms. The van der Waals surface area contributed by atoms with E-state index in [1.807, 2.05) is 0 Å². The Morgan fingerprint density at radius 3 is 2.63 bits per heavy atom. The lowest BCUT2D eigenvalue weighted by atomic mass is 10.1. The summed E-state index contributed by atoms with van der Waals surface area (Å²) in [4.78, 5) is 0. The molecule has 102 valence electrons. The zero-order valence-corrected chi connectivity index (χ0v) is 12.4. The van der Waals surface area contributed by atoms with Gasteiger partial charge >= 0.3 is 0 Å². The summed E-state index contributed by atoms with van der Waals surface area (Å²) < 4.78 is 2.29. The first-order valence-electron chi connectivity index (χ1n) is 7.03. The van der Waals surface area contributed by atoms with Gasteiger partial charge in [0.1, 0.15) is 0 Å². The minimum Gasteiger partial charge on any atom is -0.319 e. The van der Waals surface area contributed by atoms with Crippen molar-refractivity contribution in [2.45, 2.75) is 34.2 Å². The van der Waals surface area contributed by atoms with Gasteiger partial charge in [0.2, 0.25) is 0 Å².